The quantitative estimate of drug-likeness (QED) is 0.810. The molecule has 1 N–H and O–H groups in total. The molecular formula is C18H14BrNO3. The highest BCUT2D eigenvalue weighted by Crippen LogP contribution is 2.50. The van der Waals surface area contributed by atoms with Crippen LogP contribution >= 0.6 is 15.9 Å². The van der Waals surface area contributed by atoms with E-state index in [4.69, 9.17) is 0 Å². The van der Waals surface area contributed by atoms with Crippen LogP contribution in [0.15, 0.2) is 40.9 Å². The van der Waals surface area contributed by atoms with Gasteiger partial charge in [-0.2, -0.15) is 0 Å². The summed E-state index contributed by atoms with van der Waals surface area (Å²) in [6.45, 7) is 2.14. The number of nitrogens with zero attached hydrogens (tertiary/aromatic N) is 1. The number of carbonyl (C=O) groups is 2. The molecule has 2 aromatic rings. The van der Waals surface area contributed by atoms with Crippen molar-refractivity contribution in [2.45, 2.75) is 25.3 Å². The monoisotopic (exact) mass is 371 g/mol. The van der Waals surface area contributed by atoms with E-state index in [1.807, 2.05) is 24.3 Å². The Kier molecular flexibility index (Phi) is 3.10. The third-order valence-electron chi connectivity index (χ3n) is 4.79. The van der Waals surface area contributed by atoms with E-state index in [1.54, 1.807) is 11.0 Å². The van der Waals surface area contributed by atoms with Gasteiger partial charge in [-0.25, -0.2) is 4.79 Å². The molecule has 0 radical (unpaired) electrons. The molecule has 2 aliphatic rings. The zero-order valence-electron chi connectivity index (χ0n) is 12.4. The predicted molar refractivity (Wildman–Crippen MR) is 90.1 cm³/mol. The highest BCUT2D eigenvalue weighted by molar-refractivity contribution is 9.10. The number of carboxylic acids is 1. The Morgan fingerprint density at radius 2 is 2.04 bits per heavy atom. The van der Waals surface area contributed by atoms with Crippen LogP contribution in [0.4, 0.5) is 5.69 Å². The van der Waals surface area contributed by atoms with E-state index in [2.05, 4.69) is 22.9 Å². The first kappa shape index (κ1) is 14.5. The van der Waals surface area contributed by atoms with E-state index in [0.29, 0.717) is 11.5 Å². The summed E-state index contributed by atoms with van der Waals surface area (Å²) in [5.41, 5.74) is 3.26. The number of aromatic carboxylic acids is 1. The molecule has 0 fully saturated rings. The first-order chi connectivity index (χ1) is 11.0. The van der Waals surface area contributed by atoms with Crippen molar-refractivity contribution in [3.63, 3.8) is 0 Å². The molecule has 2 aliphatic heterocycles. The van der Waals surface area contributed by atoms with E-state index < -0.39 is 5.97 Å². The first-order valence-corrected chi connectivity index (χ1v) is 8.27. The van der Waals surface area contributed by atoms with Crippen LogP contribution in [-0.4, -0.2) is 17.0 Å². The van der Waals surface area contributed by atoms with Gasteiger partial charge in [-0.3, -0.25) is 4.79 Å². The van der Waals surface area contributed by atoms with E-state index in [9.17, 15) is 14.7 Å². The molecular weight excluding hydrogens is 358 g/mol. The number of halogens is 1. The second-order valence-electron chi connectivity index (χ2n) is 6.11. The van der Waals surface area contributed by atoms with Gasteiger partial charge in [-0.1, -0.05) is 35.0 Å². The largest absolute Gasteiger partial charge is 0.478 e. The molecule has 0 saturated carbocycles. The Bertz CT molecular complexity index is 861. The van der Waals surface area contributed by atoms with E-state index in [1.165, 1.54) is 6.07 Å². The number of carbonyl (C=O) groups excluding carboxylic acids is 1. The summed E-state index contributed by atoms with van der Waals surface area (Å²) in [4.78, 5) is 26.2. The van der Waals surface area contributed by atoms with Gasteiger partial charge in [0.25, 0.3) is 5.91 Å². The van der Waals surface area contributed by atoms with Gasteiger partial charge in [0.1, 0.15) is 0 Å². The standard InChI is InChI=1S/C18H14BrNO3/c1-9-7-15-11-3-2-4-12(18(22)23)16(11)17(21)20(15)14-6-5-10(19)8-13(9)14/h2-6,8-9,15H,7H2,1H3,(H,22,23). The van der Waals surface area contributed by atoms with Gasteiger partial charge in [0, 0.05) is 10.2 Å². The molecule has 23 heavy (non-hydrogen) atoms. The van der Waals surface area contributed by atoms with Crippen LogP contribution in [0.25, 0.3) is 0 Å². The smallest absolute Gasteiger partial charge is 0.336 e. The number of hydrogen-bond acceptors (Lipinski definition) is 2. The molecule has 1 amide bonds. The van der Waals surface area contributed by atoms with Gasteiger partial charge in [0.05, 0.1) is 17.2 Å². The van der Waals surface area contributed by atoms with Gasteiger partial charge in [-0.05, 0) is 47.7 Å². The minimum Gasteiger partial charge on any atom is -0.478 e. The summed E-state index contributed by atoms with van der Waals surface area (Å²) < 4.78 is 0.983. The molecule has 2 atom stereocenters. The molecule has 0 aromatic heterocycles. The van der Waals surface area contributed by atoms with Crippen molar-refractivity contribution in [3.8, 4) is 0 Å². The summed E-state index contributed by atoms with van der Waals surface area (Å²) in [6, 6.07) is 10.9. The van der Waals surface area contributed by atoms with Crippen molar-refractivity contribution in [1.29, 1.82) is 0 Å². The highest BCUT2D eigenvalue weighted by atomic mass is 79.9. The third kappa shape index (κ3) is 1.96. The Morgan fingerprint density at radius 1 is 1.26 bits per heavy atom. The van der Waals surface area contributed by atoms with Crippen molar-refractivity contribution < 1.29 is 14.7 Å². The van der Waals surface area contributed by atoms with Gasteiger partial charge < -0.3 is 10.0 Å². The van der Waals surface area contributed by atoms with Crippen LogP contribution < -0.4 is 4.90 Å². The molecule has 116 valence electrons. The second kappa shape index (κ2) is 4.93. The van der Waals surface area contributed by atoms with Crippen LogP contribution in [0.2, 0.25) is 0 Å². The maximum atomic E-state index is 13.0. The van der Waals surface area contributed by atoms with Gasteiger partial charge >= 0.3 is 5.97 Å². The van der Waals surface area contributed by atoms with Crippen LogP contribution in [0.3, 0.4) is 0 Å². The van der Waals surface area contributed by atoms with Gasteiger partial charge in [0.15, 0.2) is 0 Å². The lowest BCUT2D eigenvalue weighted by Gasteiger charge is -2.36. The Hall–Kier alpha value is -2.14. The number of anilines is 1. The first-order valence-electron chi connectivity index (χ1n) is 7.48. The summed E-state index contributed by atoms with van der Waals surface area (Å²) in [5.74, 6) is -0.964. The fourth-order valence-corrected chi connectivity index (χ4v) is 4.16. The van der Waals surface area contributed by atoms with Crippen LogP contribution in [-0.2, 0) is 0 Å². The Balaban J connectivity index is 1.94. The van der Waals surface area contributed by atoms with Crippen LogP contribution in [0.5, 0.6) is 0 Å². The van der Waals surface area contributed by atoms with Crippen LogP contribution in [0.1, 0.15) is 57.1 Å². The molecule has 0 saturated heterocycles. The molecule has 2 unspecified atom stereocenters. The topological polar surface area (TPSA) is 57.6 Å². The number of amides is 1. The molecule has 4 nitrogen and oxygen atoms in total. The Labute approximate surface area is 141 Å². The number of carboxylic acid groups (broad SMARTS) is 1. The van der Waals surface area contributed by atoms with Crippen molar-refractivity contribution in [3.05, 3.63) is 63.1 Å². The minimum absolute atomic E-state index is 0.0829. The fourth-order valence-electron chi connectivity index (χ4n) is 3.78. The molecule has 0 spiro atoms. The third-order valence-corrected chi connectivity index (χ3v) is 5.28. The van der Waals surface area contributed by atoms with Gasteiger partial charge in [-0.15, -0.1) is 0 Å². The number of fused-ring (bicyclic) bond motifs is 5. The van der Waals surface area contributed by atoms with E-state index in [0.717, 1.165) is 27.7 Å². The highest BCUT2D eigenvalue weighted by Gasteiger charge is 2.44. The van der Waals surface area contributed by atoms with Crippen LogP contribution in [0, 0.1) is 0 Å². The number of rotatable bonds is 1. The average molecular weight is 372 g/mol. The normalized spacial score (nSPS) is 21.7. The molecule has 5 heteroatoms. The van der Waals surface area contributed by atoms with Gasteiger partial charge in [0.2, 0.25) is 0 Å². The van der Waals surface area contributed by atoms with E-state index >= 15 is 0 Å². The molecule has 0 bridgehead atoms. The lowest BCUT2D eigenvalue weighted by atomic mass is 9.85. The summed E-state index contributed by atoms with van der Waals surface area (Å²) in [7, 11) is 0. The van der Waals surface area contributed by atoms with E-state index in [-0.39, 0.29) is 17.5 Å². The fraction of sp³-hybridized carbons (Fsp3) is 0.222. The van der Waals surface area contributed by atoms with Crippen molar-refractivity contribution in [2.75, 3.05) is 4.90 Å². The minimum atomic E-state index is -1.06. The summed E-state index contributed by atoms with van der Waals surface area (Å²) >= 11 is 3.48. The SMILES string of the molecule is CC1CC2c3cccc(C(=O)O)c3C(=O)N2c2ccc(Br)cc21. The second-order valence-corrected chi connectivity index (χ2v) is 7.02. The number of benzene rings is 2. The Morgan fingerprint density at radius 3 is 2.78 bits per heavy atom. The molecule has 2 aromatic carbocycles. The van der Waals surface area contributed by atoms with Crippen molar-refractivity contribution in [1.82, 2.24) is 0 Å². The number of hydrogen-bond donors (Lipinski definition) is 1. The maximum absolute atomic E-state index is 13.0. The summed E-state index contributed by atoms with van der Waals surface area (Å²) in [6.07, 6.45) is 0.797. The summed E-state index contributed by atoms with van der Waals surface area (Å²) in [5, 5.41) is 9.41. The zero-order chi connectivity index (χ0) is 16.3. The molecule has 0 aliphatic carbocycles. The maximum Gasteiger partial charge on any atom is 0.336 e. The van der Waals surface area contributed by atoms with Crippen molar-refractivity contribution >= 4 is 33.5 Å². The predicted octanol–water partition coefficient (Wildman–Crippen LogP) is 4.36. The lowest BCUT2D eigenvalue weighted by Crippen LogP contribution is -2.33. The van der Waals surface area contributed by atoms with Crippen molar-refractivity contribution in [2.24, 2.45) is 0 Å². The molecule has 2 heterocycles. The molecule has 4 rings (SSSR count). The zero-order valence-corrected chi connectivity index (χ0v) is 14.0. The average Bonchev–Trinajstić information content (AvgIpc) is 2.81. The lowest BCUT2D eigenvalue weighted by molar-refractivity contribution is 0.0692.